The second kappa shape index (κ2) is 5.76. The van der Waals surface area contributed by atoms with Crippen molar-refractivity contribution in [3.63, 3.8) is 0 Å². The molecule has 118 valence electrons. The number of carbonyl (C=O) groups is 1. The van der Waals surface area contributed by atoms with Crippen molar-refractivity contribution in [2.75, 3.05) is 18.1 Å². The summed E-state index contributed by atoms with van der Waals surface area (Å²) in [5.74, 6) is 0.353. The normalized spacial score (nSPS) is 20.3. The van der Waals surface area contributed by atoms with Gasteiger partial charge in [-0.15, -0.1) is 0 Å². The Bertz CT molecular complexity index is 807. The molecule has 2 heterocycles. The molecule has 0 unspecified atom stereocenters. The van der Waals surface area contributed by atoms with Crippen molar-refractivity contribution < 1.29 is 17.6 Å². The van der Waals surface area contributed by atoms with Crippen LogP contribution < -0.4 is 5.32 Å². The Balaban J connectivity index is 1.59. The van der Waals surface area contributed by atoms with E-state index in [1.54, 1.807) is 6.26 Å². The molecule has 2 aromatic rings. The second-order valence-corrected chi connectivity index (χ2v) is 8.24. The topological polar surface area (TPSA) is 76.4 Å². The maximum absolute atomic E-state index is 12.0. The predicted molar refractivity (Wildman–Crippen MR) is 84.4 cm³/mol. The number of nitrogens with one attached hydrogen (secondary N) is 1. The molecule has 0 spiro atoms. The van der Waals surface area contributed by atoms with E-state index in [1.165, 1.54) is 0 Å². The molecule has 0 saturated carbocycles. The van der Waals surface area contributed by atoms with Crippen molar-refractivity contribution in [3.05, 3.63) is 35.6 Å². The minimum atomic E-state index is -2.89. The molecule has 0 aliphatic carbocycles. The summed E-state index contributed by atoms with van der Waals surface area (Å²) >= 11 is 0. The molecule has 0 bridgehead atoms. The van der Waals surface area contributed by atoms with E-state index in [9.17, 15) is 13.2 Å². The monoisotopic (exact) mass is 321 g/mol. The Morgan fingerprint density at radius 3 is 2.95 bits per heavy atom. The van der Waals surface area contributed by atoms with Crippen LogP contribution in [0.1, 0.15) is 17.5 Å². The van der Waals surface area contributed by atoms with Gasteiger partial charge in [-0.1, -0.05) is 12.1 Å². The number of hydrogen-bond donors (Lipinski definition) is 1. The molecule has 1 N–H and O–H groups in total. The Morgan fingerprint density at radius 1 is 1.41 bits per heavy atom. The summed E-state index contributed by atoms with van der Waals surface area (Å²) in [4.78, 5) is 12.0. The standard InChI is InChI=1S/C16H19NO4S/c1-11-2-3-14-13(9-21-15(14)6-11)7-16(18)17-8-12-4-5-22(19,20)10-12/h2-3,6,9,12H,4-5,7-8,10H2,1H3,(H,17,18)/t12-/m0/s1. The number of sulfone groups is 1. The fourth-order valence-corrected chi connectivity index (χ4v) is 4.72. The predicted octanol–water partition coefficient (Wildman–Crippen LogP) is 1.83. The Hall–Kier alpha value is -1.82. The zero-order valence-electron chi connectivity index (χ0n) is 12.5. The minimum Gasteiger partial charge on any atom is -0.464 e. The average Bonchev–Trinajstić information content (AvgIpc) is 3.00. The molecule has 3 rings (SSSR count). The summed E-state index contributed by atoms with van der Waals surface area (Å²) in [7, 11) is -2.89. The van der Waals surface area contributed by atoms with E-state index >= 15 is 0 Å². The third kappa shape index (κ3) is 3.32. The van der Waals surface area contributed by atoms with Gasteiger partial charge in [-0.2, -0.15) is 0 Å². The van der Waals surface area contributed by atoms with Crippen LogP contribution >= 0.6 is 0 Å². The third-order valence-electron chi connectivity index (χ3n) is 4.08. The van der Waals surface area contributed by atoms with Gasteiger partial charge in [0, 0.05) is 17.5 Å². The molecule has 1 aliphatic heterocycles. The smallest absolute Gasteiger partial charge is 0.224 e. The highest BCUT2D eigenvalue weighted by molar-refractivity contribution is 7.91. The summed E-state index contributed by atoms with van der Waals surface area (Å²) in [5.41, 5.74) is 2.75. The van der Waals surface area contributed by atoms with Gasteiger partial charge >= 0.3 is 0 Å². The van der Waals surface area contributed by atoms with Gasteiger partial charge in [-0.25, -0.2) is 8.42 Å². The molecule has 1 atom stereocenters. The minimum absolute atomic E-state index is 0.0395. The molecular formula is C16H19NO4S. The first-order valence-electron chi connectivity index (χ1n) is 7.37. The van der Waals surface area contributed by atoms with Crippen molar-refractivity contribution in [1.29, 1.82) is 0 Å². The van der Waals surface area contributed by atoms with Gasteiger partial charge in [-0.3, -0.25) is 4.79 Å². The largest absolute Gasteiger partial charge is 0.464 e. The maximum atomic E-state index is 12.0. The van der Waals surface area contributed by atoms with Gasteiger partial charge in [0.05, 0.1) is 24.2 Å². The molecule has 1 aliphatic rings. The lowest BCUT2D eigenvalue weighted by atomic mass is 10.1. The molecule has 22 heavy (non-hydrogen) atoms. The Labute approximate surface area is 129 Å². The lowest BCUT2D eigenvalue weighted by Gasteiger charge is -2.09. The van der Waals surface area contributed by atoms with E-state index in [0.717, 1.165) is 22.1 Å². The number of aryl methyl sites for hydroxylation is 1. The lowest BCUT2D eigenvalue weighted by molar-refractivity contribution is -0.120. The van der Waals surface area contributed by atoms with Gasteiger partial charge < -0.3 is 9.73 Å². The maximum Gasteiger partial charge on any atom is 0.224 e. The fourth-order valence-electron chi connectivity index (χ4n) is 2.85. The van der Waals surface area contributed by atoms with Crippen molar-refractivity contribution in [2.45, 2.75) is 19.8 Å². The molecule has 6 heteroatoms. The van der Waals surface area contributed by atoms with Crippen LogP contribution in [-0.2, 0) is 21.1 Å². The van der Waals surface area contributed by atoms with E-state index in [1.807, 2.05) is 25.1 Å². The number of furan rings is 1. The quantitative estimate of drug-likeness (QED) is 0.932. The van der Waals surface area contributed by atoms with Gasteiger partial charge in [0.1, 0.15) is 5.58 Å². The molecule has 1 aromatic carbocycles. The number of hydrogen-bond acceptors (Lipinski definition) is 4. The summed E-state index contributed by atoms with van der Waals surface area (Å²) in [6, 6.07) is 5.89. The summed E-state index contributed by atoms with van der Waals surface area (Å²) < 4.78 is 28.3. The number of benzene rings is 1. The fraction of sp³-hybridized carbons (Fsp3) is 0.438. The van der Waals surface area contributed by atoms with Crippen LogP contribution in [-0.4, -0.2) is 32.4 Å². The number of rotatable bonds is 4. The Morgan fingerprint density at radius 2 is 2.23 bits per heavy atom. The molecule has 0 radical (unpaired) electrons. The Kier molecular flexibility index (Phi) is 3.95. The number of fused-ring (bicyclic) bond motifs is 1. The van der Waals surface area contributed by atoms with Crippen LogP contribution in [0.25, 0.3) is 11.0 Å². The number of carbonyl (C=O) groups excluding carboxylic acids is 1. The van der Waals surface area contributed by atoms with Crippen molar-refractivity contribution >= 4 is 26.7 Å². The van der Waals surface area contributed by atoms with E-state index in [4.69, 9.17) is 4.42 Å². The van der Waals surface area contributed by atoms with E-state index in [-0.39, 0.29) is 29.8 Å². The SMILES string of the molecule is Cc1ccc2c(CC(=O)NC[C@@H]3CCS(=O)(=O)C3)coc2c1. The first-order chi connectivity index (χ1) is 10.4. The third-order valence-corrected chi connectivity index (χ3v) is 5.91. The molecule has 1 fully saturated rings. The number of amides is 1. The van der Waals surface area contributed by atoms with Crippen molar-refractivity contribution in [3.8, 4) is 0 Å². The molecular weight excluding hydrogens is 302 g/mol. The van der Waals surface area contributed by atoms with E-state index < -0.39 is 9.84 Å². The highest BCUT2D eigenvalue weighted by Gasteiger charge is 2.27. The first-order valence-corrected chi connectivity index (χ1v) is 9.19. The van der Waals surface area contributed by atoms with E-state index in [2.05, 4.69) is 5.32 Å². The zero-order chi connectivity index (χ0) is 15.7. The molecule has 1 aromatic heterocycles. The van der Waals surface area contributed by atoms with Crippen LogP contribution in [0.3, 0.4) is 0 Å². The van der Waals surface area contributed by atoms with Crippen molar-refractivity contribution in [1.82, 2.24) is 5.32 Å². The summed E-state index contributed by atoms with van der Waals surface area (Å²) in [6.07, 6.45) is 2.50. The van der Waals surface area contributed by atoms with Crippen LogP contribution in [0.15, 0.2) is 28.9 Å². The second-order valence-electron chi connectivity index (χ2n) is 6.01. The lowest BCUT2D eigenvalue weighted by Crippen LogP contribution is -2.30. The zero-order valence-corrected chi connectivity index (χ0v) is 13.3. The molecule has 1 saturated heterocycles. The van der Waals surface area contributed by atoms with Crippen molar-refractivity contribution in [2.24, 2.45) is 5.92 Å². The van der Waals surface area contributed by atoms with Crippen LogP contribution in [0, 0.1) is 12.8 Å². The van der Waals surface area contributed by atoms with Gasteiger partial charge in [-0.05, 0) is 30.9 Å². The van der Waals surface area contributed by atoms with Crippen LogP contribution in [0.4, 0.5) is 0 Å². The van der Waals surface area contributed by atoms with Crippen LogP contribution in [0.5, 0.6) is 0 Å². The van der Waals surface area contributed by atoms with Gasteiger partial charge in [0.2, 0.25) is 5.91 Å². The van der Waals surface area contributed by atoms with Crippen LogP contribution in [0.2, 0.25) is 0 Å². The van der Waals surface area contributed by atoms with Gasteiger partial charge in [0.15, 0.2) is 9.84 Å². The first kappa shape index (κ1) is 15.1. The highest BCUT2D eigenvalue weighted by atomic mass is 32.2. The summed E-state index contributed by atoms with van der Waals surface area (Å²) in [5, 5.41) is 3.78. The van der Waals surface area contributed by atoms with Gasteiger partial charge in [0.25, 0.3) is 0 Å². The highest BCUT2D eigenvalue weighted by Crippen LogP contribution is 2.23. The molecule has 5 nitrogen and oxygen atoms in total. The molecule has 1 amide bonds. The van der Waals surface area contributed by atoms with E-state index in [0.29, 0.717) is 13.0 Å². The summed E-state index contributed by atoms with van der Waals surface area (Å²) in [6.45, 7) is 2.41. The average molecular weight is 321 g/mol.